The lowest BCUT2D eigenvalue weighted by molar-refractivity contribution is 0.516. The number of isocyanates is 2. The number of hydrogen-bond acceptors (Lipinski definition) is 4. The summed E-state index contributed by atoms with van der Waals surface area (Å²) in [6, 6.07) is 14.6. The molecule has 0 unspecified atom stereocenters. The van der Waals surface area contributed by atoms with Crippen molar-refractivity contribution in [3.63, 3.8) is 0 Å². The smallest absolute Gasteiger partial charge is 0.211 e. The molecule has 0 aliphatic rings. The second-order valence-electron chi connectivity index (χ2n) is 4.81. The number of carbonyl (C=O) groups excluding carboxylic acids is 2. The van der Waals surface area contributed by atoms with E-state index in [1.807, 2.05) is 38.1 Å². The Hall–Kier alpha value is -2.80. The fourth-order valence-electron chi connectivity index (χ4n) is 2.15. The largest absolute Gasteiger partial charge is 0.238 e. The monoisotopic (exact) mass is 278 g/mol. The lowest BCUT2D eigenvalue weighted by Gasteiger charge is -2.23. The molecule has 0 fully saturated rings. The summed E-state index contributed by atoms with van der Waals surface area (Å²) in [4.78, 5) is 29.4. The Morgan fingerprint density at radius 2 is 1.05 bits per heavy atom. The Kier molecular flexibility index (Phi) is 4.24. The Labute approximate surface area is 122 Å². The molecular formula is C17H14N2O2. The maximum Gasteiger partial charge on any atom is 0.238 e. The van der Waals surface area contributed by atoms with Gasteiger partial charge in [0.1, 0.15) is 0 Å². The molecule has 21 heavy (non-hydrogen) atoms. The van der Waals surface area contributed by atoms with E-state index in [2.05, 4.69) is 9.98 Å². The molecule has 0 aromatic heterocycles. The molecule has 0 amide bonds. The highest BCUT2D eigenvalue weighted by molar-refractivity contribution is 5.49. The van der Waals surface area contributed by atoms with E-state index < -0.39 is 5.66 Å². The zero-order valence-corrected chi connectivity index (χ0v) is 11.8. The van der Waals surface area contributed by atoms with E-state index in [-0.39, 0.29) is 0 Å². The second-order valence-corrected chi connectivity index (χ2v) is 4.81. The van der Waals surface area contributed by atoms with Crippen LogP contribution in [0, 0.1) is 13.8 Å². The van der Waals surface area contributed by atoms with Crippen molar-refractivity contribution in [2.75, 3.05) is 0 Å². The SMILES string of the molecule is Cc1ccc(C(N=C=O)(N=C=O)c2ccc(C)cc2)cc1. The van der Waals surface area contributed by atoms with Crippen molar-refractivity contribution in [2.24, 2.45) is 9.98 Å². The first-order valence-corrected chi connectivity index (χ1v) is 6.45. The van der Waals surface area contributed by atoms with Gasteiger partial charge in [0, 0.05) is 11.1 Å². The highest BCUT2D eigenvalue weighted by Crippen LogP contribution is 2.35. The number of aryl methyl sites for hydroxylation is 2. The van der Waals surface area contributed by atoms with Gasteiger partial charge in [-0.3, -0.25) is 0 Å². The summed E-state index contributed by atoms with van der Waals surface area (Å²) in [5.41, 5.74) is 1.92. The van der Waals surface area contributed by atoms with Crippen LogP contribution in [0.3, 0.4) is 0 Å². The summed E-state index contributed by atoms with van der Waals surface area (Å²) in [5.74, 6) is 0. The molecule has 2 aromatic carbocycles. The number of benzene rings is 2. The van der Waals surface area contributed by atoms with Crippen LogP contribution in [0.1, 0.15) is 22.3 Å². The summed E-state index contributed by atoms with van der Waals surface area (Å²) in [6.07, 6.45) is 3.04. The average molecular weight is 278 g/mol. The molecule has 104 valence electrons. The normalized spacial score (nSPS) is 10.4. The van der Waals surface area contributed by atoms with Crippen molar-refractivity contribution in [3.05, 3.63) is 70.8 Å². The van der Waals surface area contributed by atoms with Gasteiger partial charge in [-0.15, -0.1) is 0 Å². The minimum atomic E-state index is -1.43. The molecule has 0 aliphatic heterocycles. The van der Waals surface area contributed by atoms with Crippen LogP contribution in [0.5, 0.6) is 0 Å². The molecule has 0 saturated heterocycles. The summed E-state index contributed by atoms with van der Waals surface area (Å²) in [5, 5.41) is 0. The van der Waals surface area contributed by atoms with E-state index in [0.29, 0.717) is 11.1 Å². The summed E-state index contributed by atoms with van der Waals surface area (Å²) < 4.78 is 0. The van der Waals surface area contributed by atoms with Crippen LogP contribution in [-0.4, -0.2) is 12.2 Å². The minimum absolute atomic E-state index is 0.614. The van der Waals surface area contributed by atoms with Gasteiger partial charge in [0.15, 0.2) is 0 Å². The van der Waals surface area contributed by atoms with E-state index in [1.165, 1.54) is 12.2 Å². The highest BCUT2D eigenvalue weighted by Gasteiger charge is 2.34. The standard InChI is InChI=1S/C17H14N2O2/c1-13-3-7-15(8-4-13)17(18-11-20,19-12-21)16-9-5-14(2)6-10-16/h3-10H,1-2H3. The average Bonchev–Trinajstić information content (AvgIpc) is 2.48. The molecule has 0 bridgehead atoms. The van der Waals surface area contributed by atoms with Crippen LogP contribution >= 0.6 is 0 Å². The van der Waals surface area contributed by atoms with Crippen LogP contribution in [0.4, 0.5) is 0 Å². The summed E-state index contributed by atoms with van der Waals surface area (Å²) in [6.45, 7) is 3.90. The predicted molar refractivity (Wildman–Crippen MR) is 79.4 cm³/mol. The van der Waals surface area contributed by atoms with Crippen LogP contribution in [0.15, 0.2) is 58.5 Å². The quantitative estimate of drug-likeness (QED) is 0.637. The Morgan fingerprint density at radius 3 is 1.33 bits per heavy atom. The topological polar surface area (TPSA) is 58.9 Å². The van der Waals surface area contributed by atoms with Crippen LogP contribution in [0.2, 0.25) is 0 Å². The lowest BCUT2D eigenvalue weighted by atomic mass is 9.91. The van der Waals surface area contributed by atoms with Crippen LogP contribution in [0.25, 0.3) is 0 Å². The maximum absolute atomic E-state index is 10.9. The molecule has 0 heterocycles. The molecule has 0 saturated carbocycles. The van der Waals surface area contributed by atoms with E-state index in [9.17, 15) is 9.59 Å². The van der Waals surface area contributed by atoms with E-state index >= 15 is 0 Å². The molecule has 0 N–H and O–H groups in total. The van der Waals surface area contributed by atoms with Gasteiger partial charge in [0.05, 0.1) is 0 Å². The van der Waals surface area contributed by atoms with Gasteiger partial charge in [0.2, 0.25) is 17.8 Å². The maximum atomic E-state index is 10.9. The Bertz CT molecular complexity index is 655. The Morgan fingerprint density at radius 1 is 0.714 bits per heavy atom. The first kappa shape index (κ1) is 14.6. The lowest BCUT2D eigenvalue weighted by Crippen LogP contribution is -2.22. The van der Waals surface area contributed by atoms with E-state index in [0.717, 1.165) is 11.1 Å². The highest BCUT2D eigenvalue weighted by atomic mass is 16.1. The third-order valence-corrected chi connectivity index (χ3v) is 3.32. The van der Waals surface area contributed by atoms with E-state index in [4.69, 9.17) is 0 Å². The first-order chi connectivity index (χ1) is 10.1. The third kappa shape index (κ3) is 2.87. The van der Waals surface area contributed by atoms with Gasteiger partial charge in [0.25, 0.3) is 0 Å². The molecule has 0 spiro atoms. The number of nitrogens with zero attached hydrogens (tertiary/aromatic N) is 2. The zero-order chi connectivity index (χ0) is 15.3. The van der Waals surface area contributed by atoms with Gasteiger partial charge < -0.3 is 0 Å². The Balaban J connectivity index is 2.74. The third-order valence-electron chi connectivity index (χ3n) is 3.32. The predicted octanol–water partition coefficient (Wildman–Crippen LogP) is 3.18. The van der Waals surface area contributed by atoms with Crippen molar-refractivity contribution in [1.29, 1.82) is 0 Å². The number of aliphatic imine (C=N–C) groups is 2. The minimum Gasteiger partial charge on any atom is -0.211 e. The molecule has 4 heteroatoms. The zero-order valence-electron chi connectivity index (χ0n) is 11.8. The van der Waals surface area contributed by atoms with Crippen molar-refractivity contribution >= 4 is 12.2 Å². The number of rotatable bonds is 4. The second kappa shape index (κ2) is 6.10. The number of hydrogen-bond donors (Lipinski definition) is 0. The van der Waals surface area contributed by atoms with Crippen molar-refractivity contribution in [3.8, 4) is 0 Å². The van der Waals surface area contributed by atoms with Crippen LogP contribution < -0.4 is 0 Å². The van der Waals surface area contributed by atoms with Crippen molar-refractivity contribution in [2.45, 2.75) is 19.5 Å². The molecule has 0 aliphatic carbocycles. The van der Waals surface area contributed by atoms with Gasteiger partial charge in [-0.05, 0) is 13.8 Å². The fraction of sp³-hybridized carbons (Fsp3) is 0.176. The first-order valence-electron chi connectivity index (χ1n) is 6.45. The van der Waals surface area contributed by atoms with E-state index in [1.54, 1.807) is 24.3 Å². The fourth-order valence-corrected chi connectivity index (χ4v) is 2.15. The summed E-state index contributed by atoms with van der Waals surface area (Å²) >= 11 is 0. The molecule has 0 radical (unpaired) electrons. The van der Waals surface area contributed by atoms with Gasteiger partial charge >= 0.3 is 0 Å². The molecule has 2 aromatic rings. The molecule has 0 atom stereocenters. The molecular weight excluding hydrogens is 264 g/mol. The van der Waals surface area contributed by atoms with Gasteiger partial charge in [-0.1, -0.05) is 59.7 Å². The van der Waals surface area contributed by atoms with Crippen molar-refractivity contribution < 1.29 is 9.59 Å². The summed E-state index contributed by atoms with van der Waals surface area (Å²) in [7, 11) is 0. The molecule has 2 rings (SSSR count). The van der Waals surface area contributed by atoms with Gasteiger partial charge in [-0.25, -0.2) is 9.59 Å². The van der Waals surface area contributed by atoms with Crippen molar-refractivity contribution in [1.82, 2.24) is 0 Å². The molecule has 4 nitrogen and oxygen atoms in total. The van der Waals surface area contributed by atoms with Gasteiger partial charge in [-0.2, -0.15) is 9.98 Å². The van der Waals surface area contributed by atoms with Crippen LogP contribution in [-0.2, 0) is 15.3 Å².